The van der Waals surface area contributed by atoms with Crippen LogP contribution in [0.3, 0.4) is 0 Å². The van der Waals surface area contributed by atoms with Gasteiger partial charge in [0.05, 0.1) is 12.7 Å². The molecule has 3 heteroatoms. The molecule has 1 unspecified atom stereocenters. The van der Waals surface area contributed by atoms with Gasteiger partial charge >= 0.3 is 0 Å². The molecule has 0 aliphatic carbocycles. The van der Waals surface area contributed by atoms with Gasteiger partial charge in [-0.2, -0.15) is 0 Å². The predicted octanol–water partition coefficient (Wildman–Crippen LogP) is 2.26. The van der Waals surface area contributed by atoms with Crippen molar-refractivity contribution in [3.63, 3.8) is 0 Å². The average Bonchev–Trinajstić information content (AvgIpc) is 2.35. The van der Waals surface area contributed by atoms with Crippen molar-refractivity contribution in [2.75, 3.05) is 13.2 Å². The fourth-order valence-corrected chi connectivity index (χ4v) is 1.90. The molecule has 2 aromatic carbocycles. The van der Waals surface area contributed by atoms with Crippen molar-refractivity contribution in [2.24, 2.45) is 0 Å². The maximum Gasteiger partial charge on any atom is 0.133 e. The van der Waals surface area contributed by atoms with Gasteiger partial charge in [-0.3, -0.25) is 0 Å². The lowest BCUT2D eigenvalue weighted by atomic mass is 10.0. The van der Waals surface area contributed by atoms with Gasteiger partial charge in [-0.05, 0) is 12.3 Å². The molecule has 0 spiro atoms. The fraction of sp³-hybridized carbons (Fsp3) is 0.286. The molecule has 2 rings (SSSR count). The van der Waals surface area contributed by atoms with E-state index in [0.29, 0.717) is 5.75 Å². The molecule has 2 aromatic rings. The van der Waals surface area contributed by atoms with Crippen LogP contribution in [0.25, 0.3) is 10.8 Å². The third-order valence-corrected chi connectivity index (χ3v) is 2.70. The Balaban J connectivity index is 2.57. The molecule has 0 aliphatic rings. The highest BCUT2D eigenvalue weighted by Gasteiger charge is 2.12. The van der Waals surface area contributed by atoms with Crippen LogP contribution in [0.1, 0.15) is 18.6 Å². The first kappa shape index (κ1) is 11.9. The lowest BCUT2D eigenvalue weighted by Crippen LogP contribution is -2.05. The Bertz CT molecular complexity index is 506. The standard InChI is InChI=1S/C14H16O3/c1-10(16)12-7-6-11-4-2-3-5-13(11)14(12)17-9-8-15/h2-7,10,15-16H,8-9H2,1H3. The third-order valence-electron chi connectivity index (χ3n) is 2.70. The van der Waals surface area contributed by atoms with Crippen LogP contribution >= 0.6 is 0 Å². The summed E-state index contributed by atoms with van der Waals surface area (Å²) in [5.41, 5.74) is 0.747. The molecule has 1 atom stereocenters. The van der Waals surface area contributed by atoms with E-state index in [1.54, 1.807) is 6.92 Å². The van der Waals surface area contributed by atoms with Crippen molar-refractivity contribution in [1.82, 2.24) is 0 Å². The molecule has 0 aromatic heterocycles. The third kappa shape index (κ3) is 2.40. The minimum atomic E-state index is -0.590. The summed E-state index contributed by atoms with van der Waals surface area (Å²) < 4.78 is 5.55. The highest BCUT2D eigenvalue weighted by atomic mass is 16.5. The predicted molar refractivity (Wildman–Crippen MR) is 67.2 cm³/mol. The molecule has 2 N–H and O–H groups in total. The second-order valence-corrected chi connectivity index (χ2v) is 3.95. The van der Waals surface area contributed by atoms with Crippen molar-refractivity contribution >= 4 is 10.8 Å². The molecule has 0 saturated carbocycles. The Kier molecular flexibility index (Phi) is 3.61. The highest BCUT2D eigenvalue weighted by Crippen LogP contribution is 2.33. The molecule has 17 heavy (non-hydrogen) atoms. The van der Waals surface area contributed by atoms with Gasteiger partial charge in [-0.25, -0.2) is 0 Å². The van der Waals surface area contributed by atoms with Gasteiger partial charge in [0.25, 0.3) is 0 Å². The maximum absolute atomic E-state index is 9.72. The summed E-state index contributed by atoms with van der Waals surface area (Å²) in [4.78, 5) is 0. The Labute approximate surface area is 100 Å². The summed E-state index contributed by atoms with van der Waals surface area (Å²) in [5, 5.41) is 20.6. The number of rotatable bonds is 4. The maximum atomic E-state index is 9.72. The van der Waals surface area contributed by atoms with E-state index in [1.807, 2.05) is 36.4 Å². The number of hydrogen-bond acceptors (Lipinski definition) is 3. The molecule has 0 aliphatic heterocycles. The number of aliphatic hydroxyl groups is 2. The SMILES string of the molecule is CC(O)c1ccc2ccccc2c1OCCO. The topological polar surface area (TPSA) is 49.7 Å². The second-order valence-electron chi connectivity index (χ2n) is 3.95. The molecular weight excluding hydrogens is 216 g/mol. The van der Waals surface area contributed by atoms with Gasteiger partial charge in [0.1, 0.15) is 12.4 Å². The largest absolute Gasteiger partial charge is 0.490 e. The second kappa shape index (κ2) is 5.17. The number of aliphatic hydroxyl groups excluding tert-OH is 2. The van der Waals surface area contributed by atoms with E-state index in [9.17, 15) is 5.11 Å². The number of hydrogen-bond donors (Lipinski definition) is 2. The first-order chi connectivity index (χ1) is 8.24. The van der Waals surface area contributed by atoms with E-state index >= 15 is 0 Å². The van der Waals surface area contributed by atoms with Gasteiger partial charge in [0.15, 0.2) is 0 Å². The molecule has 90 valence electrons. The van der Waals surface area contributed by atoms with E-state index in [0.717, 1.165) is 16.3 Å². The lowest BCUT2D eigenvalue weighted by Gasteiger charge is -2.15. The van der Waals surface area contributed by atoms with Crippen molar-refractivity contribution in [3.8, 4) is 5.75 Å². The number of benzene rings is 2. The summed E-state index contributed by atoms with van der Waals surface area (Å²) in [6.45, 7) is 1.89. The Morgan fingerprint density at radius 1 is 1.18 bits per heavy atom. The van der Waals surface area contributed by atoms with E-state index in [2.05, 4.69) is 0 Å². The number of fused-ring (bicyclic) bond motifs is 1. The zero-order chi connectivity index (χ0) is 12.3. The van der Waals surface area contributed by atoms with Crippen LogP contribution in [0.15, 0.2) is 36.4 Å². The van der Waals surface area contributed by atoms with Crippen LogP contribution in [0, 0.1) is 0 Å². The van der Waals surface area contributed by atoms with Crippen LogP contribution in [-0.4, -0.2) is 23.4 Å². The molecule has 0 saturated heterocycles. The van der Waals surface area contributed by atoms with Gasteiger partial charge in [-0.15, -0.1) is 0 Å². The zero-order valence-electron chi connectivity index (χ0n) is 9.76. The van der Waals surface area contributed by atoms with Gasteiger partial charge in [0.2, 0.25) is 0 Å². The normalized spacial score (nSPS) is 12.6. The Morgan fingerprint density at radius 2 is 1.94 bits per heavy atom. The molecule has 0 amide bonds. The van der Waals surface area contributed by atoms with Gasteiger partial charge in [0, 0.05) is 10.9 Å². The monoisotopic (exact) mass is 232 g/mol. The average molecular weight is 232 g/mol. The fourth-order valence-electron chi connectivity index (χ4n) is 1.90. The van der Waals surface area contributed by atoms with E-state index < -0.39 is 6.10 Å². The van der Waals surface area contributed by atoms with Crippen molar-refractivity contribution < 1.29 is 14.9 Å². The Morgan fingerprint density at radius 3 is 2.65 bits per heavy atom. The first-order valence-corrected chi connectivity index (χ1v) is 5.67. The van der Waals surface area contributed by atoms with Crippen molar-refractivity contribution in [2.45, 2.75) is 13.0 Å². The summed E-state index contributed by atoms with van der Waals surface area (Å²) in [7, 11) is 0. The quantitative estimate of drug-likeness (QED) is 0.850. The van der Waals surface area contributed by atoms with Crippen LogP contribution in [0.5, 0.6) is 5.75 Å². The Hall–Kier alpha value is -1.58. The highest BCUT2D eigenvalue weighted by molar-refractivity contribution is 5.89. The van der Waals surface area contributed by atoms with E-state index in [-0.39, 0.29) is 13.2 Å². The molecule has 0 bridgehead atoms. The van der Waals surface area contributed by atoms with Crippen LogP contribution in [-0.2, 0) is 0 Å². The minimum absolute atomic E-state index is 0.0392. The van der Waals surface area contributed by atoms with Crippen LogP contribution in [0.2, 0.25) is 0 Å². The first-order valence-electron chi connectivity index (χ1n) is 5.67. The minimum Gasteiger partial charge on any atom is -0.490 e. The van der Waals surface area contributed by atoms with Crippen LogP contribution in [0.4, 0.5) is 0 Å². The molecular formula is C14H16O3. The summed E-state index contributed by atoms with van der Waals surface area (Å²) in [6, 6.07) is 11.7. The molecule has 0 heterocycles. The molecule has 3 nitrogen and oxygen atoms in total. The summed E-state index contributed by atoms with van der Waals surface area (Å²) in [6.07, 6.45) is -0.590. The van der Waals surface area contributed by atoms with E-state index in [4.69, 9.17) is 9.84 Å². The van der Waals surface area contributed by atoms with E-state index in [1.165, 1.54) is 0 Å². The van der Waals surface area contributed by atoms with Crippen molar-refractivity contribution in [3.05, 3.63) is 42.0 Å². The molecule has 0 fully saturated rings. The van der Waals surface area contributed by atoms with Crippen LogP contribution < -0.4 is 4.74 Å². The van der Waals surface area contributed by atoms with Crippen molar-refractivity contribution in [1.29, 1.82) is 0 Å². The molecule has 0 radical (unpaired) electrons. The smallest absolute Gasteiger partial charge is 0.133 e. The lowest BCUT2D eigenvalue weighted by molar-refractivity contribution is 0.178. The zero-order valence-corrected chi connectivity index (χ0v) is 9.76. The summed E-state index contributed by atoms with van der Waals surface area (Å²) >= 11 is 0. The number of ether oxygens (including phenoxy) is 1. The van der Waals surface area contributed by atoms with Gasteiger partial charge in [-0.1, -0.05) is 36.4 Å². The summed E-state index contributed by atoms with van der Waals surface area (Å²) in [5.74, 6) is 0.659. The van der Waals surface area contributed by atoms with Gasteiger partial charge < -0.3 is 14.9 Å².